The van der Waals surface area contributed by atoms with E-state index in [1.54, 1.807) is 24.3 Å². The third kappa shape index (κ3) is 5.63. The van der Waals surface area contributed by atoms with Gasteiger partial charge in [0.25, 0.3) is 0 Å². The number of benzene rings is 1. The first-order valence-electron chi connectivity index (χ1n) is 6.11. The van der Waals surface area contributed by atoms with Crippen molar-refractivity contribution in [2.75, 3.05) is 5.75 Å². The molecule has 1 rings (SSSR count). The van der Waals surface area contributed by atoms with Gasteiger partial charge in [-0.3, -0.25) is 0 Å². The highest BCUT2D eigenvalue weighted by molar-refractivity contribution is 7.90. The van der Waals surface area contributed by atoms with Crippen molar-refractivity contribution in [1.82, 2.24) is 0 Å². The zero-order valence-electron chi connectivity index (χ0n) is 11.2. The van der Waals surface area contributed by atoms with Crippen molar-refractivity contribution in [3.8, 4) is 6.07 Å². The molecule has 1 aromatic rings. The minimum atomic E-state index is -3.18. The largest absolute Gasteiger partial charge is 0.228 e. The van der Waals surface area contributed by atoms with E-state index in [0.717, 1.165) is 0 Å². The van der Waals surface area contributed by atoms with E-state index in [1.165, 1.54) is 0 Å². The van der Waals surface area contributed by atoms with E-state index in [4.69, 9.17) is 16.9 Å². The van der Waals surface area contributed by atoms with E-state index in [0.29, 0.717) is 23.4 Å². The quantitative estimate of drug-likeness (QED) is 0.806. The number of hydrogen-bond acceptors (Lipinski definition) is 3. The Morgan fingerprint density at radius 3 is 2.53 bits per heavy atom. The van der Waals surface area contributed by atoms with Gasteiger partial charge in [0.2, 0.25) is 0 Å². The normalized spacial score (nSPS) is 12.1. The second kappa shape index (κ2) is 6.40. The molecule has 0 aliphatic rings. The second-order valence-electron chi connectivity index (χ2n) is 5.28. The maximum Gasteiger partial charge on any atom is 0.154 e. The third-order valence-electron chi connectivity index (χ3n) is 2.89. The van der Waals surface area contributed by atoms with E-state index in [1.807, 2.05) is 13.8 Å². The van der Waals surface area contributed by atoms with E-state index in [-0.39, 0.29) is 11.5 Å². The second-order valence-corrected chi connectivity index (χ2v) is 7.87. The van der Waals surface area contributed by atoms with Gasteiger partial charge in [0, 0.05) is 5.02 Å². The SMILES string of the molecule is CC(C)(C#N)CCCS(=O)(=O)Cc1ccccc1Cl. The van der Waals surface area contributed by atoms with E-state index in [2.05, 4.69) is 6.07 Å². The maximum absolute atomic E-state index is 12.0. The molecule has 0 amide bonds. The van der Waals surface area contributed by atoms with Crippen LogP contribution >= 0.6 is 11.6 Å². The highest BCUT2D eigenvalue weighted by atomic mass is 35.5. The Kier molecular flexibility index (Phi) is 5.39. The van der Waals surface area contributed by atoms with Crippen LogP contribution in [0.1, 0.15) is 32.3 Å². The van der Waals surface area contributed by atoms with Gasteiger partial charge in [-0.05, 0) is 38.3 Å². The summed E-state index contributed by atoms with van der Waals surface area (Å²) in [7, 11) is -3.18. The summed E-state index contributed by atoms with van der Waals surface area (Å²) in [5.41, 5.74) is 0.156. The number of nitriles is 1. The van der Waals surface area contributed by atoms with Gasteiger partial charge in [-0.2, -0.15) is 5.26 Å². The smallest absolute Gasteiger partial charge is 0.154 e. The standard InChI is InChI=1S/C14H18ClNO2S/c1-14(2,11-16)8-5-9-19(17,18)10-12-6-3-4-7-13(12)15/h3-4,6-7H,5,8-10H2,1-2H3. The Balaban J connectivity index is 2.59. The lowest BCUT2D eigenvalue weighted by molar-refractivity contribution is 0.445. The van der Waals surface area contributed by atoms with Crippen LogP contribution in [-0.4, -0.2) is 14.2 Å². The Morgan fingerprint density at radius 2 is 1.95 bits per heavy atom. The molecule has 3 nitrogen and oxygen atoms in total. The zero-order chi connectivity index (χ0) is 14.5. The first-order chi connectivity index (χ1) is 8.76. The van der Waals surface area contributed by atoms with Gasteiger partial charge in [-0.15, -0.1) is 0 Å². The van der Waals surface area contributed by atoms with Crippen LogP contribution in [0.15, 0.2) is 24.3 Å². The van der Waals surface area contributed by atoms with Crippen LogP contribution < -0.4 is 0 Å². The summed E-state index contributed by atoms with van der Waals surface area (Å²) < 4.78 is 24.0. The third-order valence-corrected chi connectivity index (χ3v) is 4.92. The molecule has 0 spiro atoms. The van der Waals surface area contributed by atoms with E-state index in [9.17, 15) is 8.42 Å². The predicted molar refractivity (Wildman–Crippen MR) is 77.6 cm³/mol. The molecule has 0 unspecified atom stereocenters. The fraction of sp³-hybridized carbons (Fsp3) is 0.500. The van der Waals surface area contributed by atoms with Crippen LogP contribution in [0.25, 0.3) is 0 Å². The van der Waals surface area contributed by atoms with Gasteiger partial charge in [0.15, 0.2) is 9.84 Å². The Bertz CT molecular complexity index is 573. The van der Waals surface area contributed by atoms with Gasteiger partial charge in [-0.1, -0.05) is 29.8 Å². The summed E-state index contributed by atoms with van der Waals surface area (Å²) in [6.07, 6.45) is 1.07. The molecule has 0 saturated heterocycles. The molecule has 0 bridgehead atoms. The fourth-order valence-electron chi connectivity index (χ4n) is 1.71. The molecule has 0 aliphatic carbocycles. The van der Waals surface area contributed by atoms with Crippen molar-refractivity contribution in [3.63, 3.8) is 0 Å². The monoisotopic (exact) mass is 299 g/mol. The molecule has 1 aromatic carbocycles. The molecule has 0 radical (unpaired) electrons. The first kappa shape index (κ1) is 16.0. The summed E-state index contributed by atoms with van der Waals surface area (Å²) in [5.74, 6) is 0.0446. The zero-order valence-corrected chi connectivity index (χ0v) is 12.8. The van der Waals surface area contributed by atoms with Gasteiger partial charge in [0.05, 0.1) is 23.0 Å². The molecule has 0 aromatic heterocycles. The van der Waals surface area contributed by atoms with Crippen LogP contribution in [0.5, 0.6) is 0 Å². The Labute approximate surface area is 120 Å². The molecule has 0 heterocycles. The van der Waals surface area contributed by atoms with Crippen molar-refractivity contribution in [1.29, 1.82) is 5.26 Å². The van der Waals surface area contributed by atoms with Crippen molar-refractivity contribution in [3.05, 3.63) is 34.9 Å². The van der Waals surface area contributed by atoms with Crippen molar-refractivity contribution in [2.24, 2.45) is 5.41 Å². The number of hydrogen-bond donors (Lipinski definition) is 0. The van der Waals surface area contributed by atoms with Crippen molar-refractivity contribution < 1.29 is 8.42 Å². The highest BCUT2D eigenvalue weighted by Gasteiger charge is 2.19. The molecule has 0 aliphatic heterocycles. The van der Waals surface area contributed by atoms with Crippen LogP contribution in [0, 0.1) is 16.7 Å². The van der Waals surface area contributed by atoms with Crippen LogP contribution in [0.4, 0.5) is 0 Å². The lowest BCUT2D eigenvalue weighted by Crippen LogP contribution is -2.14. The maximum atomic E-state index is 12.0. The predicted octanol–water partition coefficient (Wildman–Crippen LogP) is 3.58. The van der Waals surface area contributed by atoms with E-state index >= 15 is 0 Å². The average Bonchev–Trinajstić information content (AvgIpc) is 2.31. The first-order valence-corrected chi connectivity index (χ1v) is 8.31. The van der Waals surface area contributed by atoms with Gasteiger partial charge in [0.1, 0.15) is 0 Å². The minimum absolute atomic E-state index is 0.0420. The summed E-state index contributed by atoms with van der Waals surface area (Å²) in [4.78, 5) is 0. The Morgan fingerprint density at radius 1 is 1.32 bits per heavy atom. The van der Waals surface area contributed by atoms with Crippen molar-refractivity contribution >= 4 is 21.4 Å². The lowest BCUT2D eigenvalue weighted by atomic mass is 9.90. The fourth-order valence-corrected chi connectivity index (χ4v) is 3.45. The lowest BCUT2D eigenvalue weighted by Gasteiger charge is -2.14. The van der Waals surface area contributed by atoms with Crippen LogP contribution in [-0.2, 0) is 15.6 Å². The summed E-state index contributed by atoms with van der Waals surface area (Å²) >= 11 is 5.95. The molecule has 0 N–H and O–H groups in total. The Hall–Kier alpha value is -1.05. The molecule has 0 fully saturated rings. The summed E-state index contributed by atoms with van der Waals surface area (Å²) in [5, 5.41) is 9.35. The number of sulfone groups is 1. The molecular weight excluding hydrogens is 282 g/mol. The highest BCUT2D eigenvalue weighted by Crippen LogP contribution is 2.22. The molecular formula is C14H18ClNO2S. The van der Waals surface area contributed by atoms with Crippen LogP contribution in [0.2, 0.25) is 5.02 Å². The number of halogens is 1. The van der Waals surface area contributed by atoms with Gasteiger partial charge in [-0.25, -0.2) is 8.42 Å². The summed E-state index contributed by atoms with van der Waals surface area (Å²) in [6, 6.07) is 9.12. The number of nitrogens with zero attached hydrogens (tertiary/aromatic N) is 1. The van der Waals surface area contributed by atoms with Crippen molar-refractivity contribution in [2.45, 2.75) is 32.4 Å². The molecule has 5 heteroatoms. The van der Waals surface area contributed by atoms with Crippen LogP contribution in [0.3, 0.4) is 0 Å². The average molecular weight is 300 g/mol. The topological polar surface area (TPSA) is 57.9 Å². The molecule has 19 heavy (non-hydrogen) atoms. The molecule has 0 atom stereocenters. The van der Waals surface area contributed by atoms with Gasteiger partial charge >= 0.3 is 0 Å². The summed E-state index contributed by atoms with van der Waals surface area (Å²) in [6.45, 7) is 3.63. The molecule has 0 saturated carbocycles. The molecule has 104 valence electrons. The number of rotatable bonds is 6. The minimum Gasteiger partial charge on any atom is -0.228 e. The van der Waals surface area contributed by atoms with E-state index < -0.39 is 15.3 Å². The van der Waals surface area contributed by atoms with Gasteiger partial charge < -0.3 is 0 Å².